The summed E-state index contributed by atoms with van der Waals surface area (Å²) in [6.07, 6.45) is 3.86. The molecule has 156 valence electrons. The molecule has 0 aromatic heterocycles. The highest BCUT2D eigenvalue weighted by molar-refractivity contribution is 5.80. The van der Waals surface area contributed by atoms with E-state index >= 15 is 0 Å². The average molecular weight is 399 g/mol. The number of rotatable bonds is 8. The molecular weight excluding hydrogens is 370 g/mol. The number of benzene rings is 2. The van der Waals surface area contributed by atoms with Gasteiger partial charge in [-0.1, -0.05) is 12.1 Å². The van der Waals surface area contributed by atoms with Crippen molar-refractivity contribution in [1.29, 1.82) is 0 Å². The van der Waals surface area contributed by atoms with E-state index in [1.165, 1.54) is 17.5 Å². The van der Waals surface area contributed by atoms with Gasteiger partial charge in [-0.3, -0.25) is 4.79 Å². The van der Waals surface area contributed by atoms with E-state index in [1.54, 1.807) is 28.3 Å². The average Bonchev–Trinajstić information content (AvgIpc) is 2.76. The Balaban J connectivity index is 1.65. The maximum absolute atomic E-state index is 12.6. The van der Waals surface area contributed by atoms with Crippen LogP contribution in [0.15, 0.2) is 30.3 Å². The summed E-state index contributed by atoms with van der Waals surface area (Å²) >= 11 is 0. The Morgan fingerprint density at radius 3 is 2.34 bits per heavy atom. The molecule has 29 heavy (non-hydrogen) atoms. The van der Waals surface area contributed by atoms with Crippen LogP contribution in [0, 0.1) is 0 Å². The predicted molar refractivity (Wildman–Crippen MR) is 111 cm³/mol. The second-order valence-electron chi connectivity index (χ2n) is 7.11. The maximum Gasteiger partial charge on any atom is 0.261 e. The highest BCUT2D eigenvalue weighted by Crippen LogP contribution is 2.38. The van der Waals surface area contributed by atoms with Gasteiger partial charge in [-0.05, 0) is 67.5 Å². The van der Waals surface area contributed by atoms with Crippen molar-refractivity contribution in [2.24, 2.45) is 0 Å². The van der Waals surface area contributed by atoms with Gasteiger partial charge in [0.25, 0.3) is 5.91 Å². The van der Waals surface area contributed by atoms with E-state index in [4.69, 9.17) is 18.9 Å². The summed E-state index contributed by atoms with van der Waals surface area (Å²) in [6.45, 7) is 2.10. The van der Waals surface area contributed by atoms with Crippen molar-refractivity contribution < 1.29 is 23.7 Å². The van der Waals surface area contributed by atoms with Crippen LogP contribution in [-0.4, -0.2) is 33.3 Å². The molecule has 1 N–H and O–H groups in total. The zero-order valence-corrected chi connectivity index (χ0v) is 17.5. The molecule has 1 aliphatic carbocycles. The van der Waals surface area contributed by atoms with Gasteiger partial charge in [0.2, 0.25) is 5.75 Å². The third-order valence-corrected chi connectivity index (χ3v) is 5.22. The summed E-state index contributed by atoms with van der Waals surface area (Å²) in [5.41, 5.74) is 3.42. The van der Waals surface area contributed by atoms with Gasteiger partial charge in [-0.2, -0.15) is 0 Å². The smallest absolute Gasteiger partial charge is 0.261 e. The van der Waals surface area contributed by atoms with Crippen LogP contribution in [0.5, 0.6) is 23.0 Å². The largest absolute Gasteiger partial charge is 0.493 e. The van der Waals surface area contributed by atoms with Gasteiger partial charge in [-0.15, -0.1) is 0 Å². The van der Waals surface area contributed by atoms with Crippen LogP contribution in [0.3, 0.4) is 0 Å². The molecular formula is C23H29NO5. The normalized spacial score (nSPS) is 13.8. The van der Waals surface area contributed by atoms with Crippen molar-refractivity contribution in [2.75, 3.05) is 21.3 Å². The number of fused-ring (bicyclic) bond motifs is 1. The van der Waals surface area contributed by atoms with Crippen LogP contribution in [0.1, 0.15) is 36.5 Å². The van der Waals surface area contributed by atoms with Crippen molar-refractivity contribution in [3.63, 3.8) is 0 Å². The highest BCUT2D eigenvalue weighted by Gasteiger charge is 2.20. The minimum atomic E-state index is -0.592. The highest BCUT2D eigenvalue weighted by atomic mass is 16.5. The molecule has 0 saturated heterocycles. The molecule has 6 heteroatoms. The Kier molecular flexibility index (Phi) is 6.86. The van der Waals surface area contributed by atoms with E-state index in [0.29, 0.717) is 23.8 Å². The molecule has 6 nitrogen and oxygen atoms in total. The zero-order chi connectivity index (χ0) is 20.8. The number of amides is 1. The van der Waals surface area contributed by atoms with Crippen molar-refractivity contribution in [3.05, 3.63) is 47.0 Å². The molecule has 0 spiro atoms. The molecule has 0 bridgehead atoms. The van der Waals surface area contributed by atoms with Crippen LogP contribution in [0.25, 0.3) is 0 Å². The Morgan fingerprint density at radius 1 is 1.00 bits per heavy atom. The van der Waals surface area contributed by atoms with Gasteiger partial charge in [-0.25, -0.2) is 0 Å². The molecule has 0 fully saturated rings. The molecule has 1 amide bonds. The van der Waals surface area contributed by atoms with E-state index in [0.717, 1.165) is 30.6 Å². The molecule has 1 aliphatic rings. The number of nitrogens with one attached hydrogen (secondary N) is 1. The summed E-state index contributed by atoms with van der Waals surface area (Å²) in [7, 11) is 4.69. The molecule has 0 heterocycles. The molecule has 1 atom stereocenters. The van der Waals surface area contributed by atoms with Gasteiger partial charge in [0.15, 0.2) is 17.6 Å². The third kappa shape index (κ3) is 4.75. The lowest BCUT2D eigenvalue weighted by Gasteiger charge is -2.22. The molecule has 2 aromatic carbocycles. The first-order valence-corrected chi connectivity index (χ1v) is 9.91. The van der Waals surface area contributed by atoms with Crippen molar-refractivity contribution in [2.45, 2.75) is 45.3 Å². The number of carbonyl (C=O) groups excluding carboxylic acids is 1. The maximum atomic E-state index is 12.6. The summed E-state index contributed by atoms with van der Waals surface area (Å²) in [5.74, 6) is 2.27. The van der Waals surface area contributed by atoms with Gasteiger partial charge < -0.3 is 24.3 Å². The van der Waals surface area contributed by atoms with Crippen molar-refractivity contribution >= 4 is 5.91 Å². The Morgan fingerprint density at radius 2 is 1.69 bits per heavy atom. The number of hydrogen-bond acceptors (Lipinski definition) is 5. The number of ether oxygens (including phenoxy) is 4. The number of carbonyl (C=O) groups is 1. The first-order chi connectivity index (χ1) is 14.1. The van der Waals surface area contributed by atoms with Crippen molar-refractivity contribution in [3.8, 4) is 23.0 Å². The molecule has 0 aliphatic heterocycles. The SMILES string of the molecule is COc1cc(CNC(=O)[C@H](C)Oc2cccc3c2CCCC3)cc(OC)c1OC. The Hall–Kier alpha value is -2.89. The van der Waals surface area contributed by atoms with Crippen molar-refractivity contribution in [1.82, 2.24) is 5.32 Å². The topological polar surface area (TPSA) is 66.0 Å². The first-order valence-electron chi connectivity index (χ1n) is 9.91. The monoisotopic (exact) mass is 399 g/mol. The number of aryl methyl sites for hydroxylation is 1. The molecule has 0 unspecified atom stereocenters. The van der Waals surface area contributed by atoms with Crippen LogP contribution in [0.4, 0.5) is 0 Å². The fourth-order valence-electron chi connectivity index (χ4n) is 3.67. The third-order valence-electron chi connectivity index (χ3n) is 5.22. The number of hydrogen-bond donors (Lipinski definition) is 1. The van der Waals surface area contributed by atoms with E-state index in [-0.39, 0.29) is 5.91 Å². The lowest BCUT2D eigenvalue weighted by Crippen LogP contribution is -2.36. The van der Waals surface area contributed by atoms with E-state index in [9.17, 15) is 4.79 Å². The molecule has 2 aromatic rings. The Labute approximate surface area is 172 Å². The van der Waals surface area contributed by atoms with E-state index in [2.05, 4.69) is 11.4 Å². The zero-order valence-electron chi connectivity index (χ0n) is 17.5. The molecule has 0 radical (unpaired) electrons. The standard InChI is InChI=1S/C23H29NO5/c1-15(29-19-11-7-9-17-8-5-6-10-18(17)19)23(25)24-14-16-12-20(26-2)22(28-4)21(13-16)27-3/h7,9,11-13,15H,5-6,8,10,14H2,1-4H3,(H,24,25)/t15-/m0/s1. The van der Waals surface area contributed by atoms with E-state index in [1.807, 2.05) is 24.3 Å². The quantitative estimate of drug-likeness (QED) is 0.734. The van der Waals surface area contributed by atoms with Crippen LogP contribution < -0.4 is 24.3 Å². The van der Waals surface area contributed by atoms with Gasteiger partial charge in [0.05, 0.1) is 21.3 Å². The lowest BCUT2D eigenvalue weighted by molar-refractivity contribution is -0.127. The fourth-order valence-corrected chi connectivity index (χ4v) is 3.67. The van der Waals surface area contributed by atoms with Gasteiger partial charge in [0.1, 0.15) is 5.75 Å². The summed E-state index contributed by atoms with van der Waals surface area (Å²) < 4.78 is 22.1. The second kappa shape index (κ2) is 9.54. The van der Waals surface area contributed by atoms with Crippen LogP contribution in [-0.2, 0) is 24.2 Å². The van der Waals surface area contributed by atoms with Crippen LogP contribution >= 0.6 is 0 Å². The number of methoxy groups -OCH3 is 3. The minimum Gasteiger partial charge on any atom is -0.493 e. The second-order valence-corrected chi connectivity index (χ2v) is 7.11. The van der Waals surface area contributed by atoms with E-state index < -0.39 is 6.10 Å². The fraction of sp³-hybridized carbons (Fsp3) is 0.435. The van der Waals surface area contributed by atoms with Gasteiger partial charge >= 0.3 is 0 Å². The summed E-state index contributed by atoms with van der Waals surface area (Å²) in [6, 6.07) is 9.74. The molecule has 0 saturated carbocycles. The lowest BCUT2D eigenvalue weighted by atomic mass is 9.91. The summed E-state index contributed by atoms with van der Waals surface area (Å²) in [5, 5.41) is 2.92. The van der Waals surface area contributed by atoms with Crippen LogP contribution in [0.2, 0.25) is 0 Å². The molecule has 3 rings (SSSR count). The Bertz CT molecular complexity index is 839. The van der Waals surface area contributed by atoms with Gasteiger partial charge in [0, 0.05) is 6.54 Å². The summed E-state index contributed by atoms with van der Waals surface area (Å²) in [4.78, 5) is 12.6. The first kappa shape index (κ1) is 20.8. The predicted octanol–water partition coefficient (Wildman–Crippen LogP) is 3.67. The minimum absolute atomic E-state index is 0.174.